The second-order valence-electron chi connectivity index (χ2n) is 5.42. The number of ether oxygens (including phenoxy) is 1. The van der Waals surface area contributed by atoms with Crippen LogP contribution in [0.1, 0.15) is 15.9 Å². The quantitative estimate of drug-likeness (QED) is 0.613. The average molecular weight is 377 g/mol. The predicted octanol–water partition coefficient (Wildman–Crippen LogP) is 2.45. The minimum absolute atomic E-state index is 0.0474. The minimum Gasteiger partial charge on any atom is -0.489 e. The minimum atomic E-state index is -4.57. The van der Waals surface area contributed by atoms with Crippen molar-refractivity contribution >= 4 is 23.4 Å². The zero-order valence-electron chi connectivity index (χ0n) is 13.1. The average Bonchev–Trinajstić information content (AvgIpc) is 2.53. The van der Waals surface area contributed by atoms with Crippen molar-refractivity contribution in [3.63, 3.8) is 0 Å². The van der Waals surface area contributed by atoms with Gasteiger partial charge in [-0.2, -0.15) is 13.2 Å². The highest BCUT2D eigenvalue weighted by Crippen LogP contribution is 2.33. The van der Waals surface area contributed by atoms with Gasteiger partial charge in [-0.05, 0) is 18.2 Å². The molecule has 1 fully saturated rings. The van der Waals surface area contributed by atoms with Gasteiger partial charge in [-0.15, -0.1) is 11.6 Å². The highest BCUT2D eigenvalue weighted by Gasteiger charge is 2.36. The van der Waals surface area contributed by atoms with E-state index in [9.17, 15) is 22.8 Å². The fourth-order valence-corrected chi connectivity index (χ4v) is 2.40. The molecule has 5 nitrogen and oxygen atoms in total. The smallest absolute Gasteiger partial charge is 0.416 e. The molecular weight excluding hydrogens is 361 g/mol. The van der Waals surface area contributed by atoms with Gasteiger partial charge >= 0.3 is 6.18 Å². The molecule has 0 unspecified atom stereocenters. The molecule has 136 valence electrons. The molecule has 9 heteroatoms. The van der Waals surface area contributed by atoms with Crippen LogP contribution in [0.2, 0.25) is 0 Å². The van der Waals surface area contributed by atoms with Gasteiger partial charge in [0.25, 0.3) is 5.91 Å². The monoisotopic (exact) mass is 376 g/mol. The van der Waals surface area contributed by atoms with E-state index in [0.29, 0.717) is 0 Å². The molecule has 1 aromatic carbocycles. The van der Waals surface area contributed by atoms with Crippen molar-refractivity contribution < 1.29 is 27.5 Å². The van der Waals surface area contributed by atoms with Crippen molar-refractivity contribution in [2.24, 2.45) is 0 Å². The van der Waals surface area contributed by atoms with Gasteiger partial charge in [-0.3, -0.25) is 9.59 Å². The van der Waals surface area contributed by atoms with Crippen molar-refractivity contribution in [1.29, 1.82) is 0 Å². The summed E-state index contributed by atoms with van der Waals surface area (Å²) in [6.45, 7) is 3.91. The summed E-state index contributed by atoms with van der Waals surface area (Å²) in [5.74, 6) is -1.11. The third kappa shape index (κ3) is 4.66. The van der Waals surface area contributed by atoms with E-state index in [1.165, 1.54) is 11.0 Å². The van der Waals surface area contributed by atoms with Gasteiger partial charge in [0, 0.05) is 13.1 Å². The van der Waals surface area contributed by atoms with E-state index in [-0.39, 0.29) is 48.8 Å². The standard InChI is InChI=1S/C16H16ClF3N2O3/c1-2-5-25-13-4-3-10(16(18,19)20)6-12(13)15(24)22-8-11(9-22)21-14(23)7-17/h2-4,6,11H,1,5,7-9H2,(H,21,23). The number of halogens is 4. The maximum absolute atomic E-state index is 12.9. The lowest BCUT2D eigenvalue weighted by atomic mass is 10.0. The molecule has 2 amide bonds. The lowest BCUT2D eigenvalue weighted by molar-refractivity contribution is -0.137. The van der Waals surface area contributed by atoms with Crippen LogP contribution in [0.3, 0.4) is 0 Å². The number of nitrogens with zero attached hydrogens (tertiary/aromatic N) is 1. The predicted molar refractivity (Wildman–Crippen MR) is 85.7 cm³/mol. The molecule has 0 saturated carbocycles. The second-order valence-corrected chi connectivity index (χ2v) is 5.68. The highest BCUT2D eigenvalue weighted by atomic mass is 35.5. The van der Waals surface area contributed by atoms with Gasteiger partial charge in [-0.25, -0.2) is 0 Å². The van der Waals surface area contributed by atoms with E-state index in [0.717, 1.165) is 18.2 Å². The van der Waals surface area contributed by atoms with Crippen LogP contribution in [-0.4, -0.2) is 48.3 Å². The molecule has 1 saturated heterocycles. The largest absolute Gasteiger partial charge is 0.489 e. The highest BCUT2D eigenvalue weighted by molar-refractivity contribution is 6.27. The number of benzene rings is 1. The van der Waals surface area contributed by atoms with Crippen LogP contribution in [0, 0.1) is 0 Å². The molecule has 1 aliphatic heterocycles. The SMILES string of the molecule is C=CCOc1ccc(C(F)(F)F)cc1C(=O)N1CC(NC(=O)CCl)C1. The van der Waals surface area contributed by atoms with Gasteiger partial charge < -0.3 is 15.0 Å². The lowest BCUT2D eigenvalue weighted by Crippen LogP contribution is -2.61. The number of alkyl halides is 4. The molecule has 0 spiro atoms. The Kier molecular flexibility index (Phi) is 5.94. The number of nitrogens with one attached hydrogen (secondary N) is 1. The van der Waals surface area contributed by atoms with E-state index in [2.05, 4.69) is 11.9 Å². The summed E-state index contributed by atoms with van der Waals surface area (Å²) in [5.41, 5.74) is -1.12. The molecule has 25 heavy (non-hydrogen) atoms. The number of hydrogen-bond donors (Lipinski definition) is 1. The van der Waals surface area contributed by atoms with Crippen molar-refractivity contribution in [1.82, 2.24) is 10.2 Å². The summed E-state index contributed by atoms with van der Waals surface area (Å²) in [4.78, 5) is 25.0. The molecule has 0 bridgehead atoms. The van der Waals surface area contributed by atoms with Crippen LogP contribution in [-0.2, 0) is 11.0 Å². The number of rotatable bonds is 6. The summed E-state index contributed by atoms with van der Waals surface area (Å²) in [7, 11) is 0. The first-order chi connectivity index (χ1) is 11.8. The Morgan fingerprint density at radius 1 is 1.40 bits per heavy atom. The first-order valence-electron chi connectivity index (χ1n) is 7.35. The van der Waals surface area contributed by atoms with Gasteiger partial charge in [0.2, 0.25) is 5.91 Å². The molecule has 0 radical (unpaired) electrons. The third-order valence-corrected chi connectivity index (χ3v) is 3.79. The zero-order chi connectivity index (χ0) is 18.6. The van der Waals surface area contributed by atoms with Crippen molar-refractivity contribution in [2.45, 2.75) is 12.2 Å². The molecule has 1 aliphatic rings. The Morgan fingerprint density at radius 2 is 2.08 bits per heavy atom. The van der Waals surface area contributed by atoms with E-state index in [4.69, 9.17) is 16.3 Å². The van der Waals surface area contributed by atoms with Crippen LogP contribution in [0.15, 0.2) is 30.9 Å². The maximum Gasteiger partial charge on any atom is 0.416 e. The Hall–Kier alpha value is -2.22. The molecule has 0 aliphatic carbocycles. The second kappa shape index (κ2) is 7.77. The van der Waals surface area contributed by atoms with Crippen LogP contribution in [0.5, 0.6) is 5.75 Å². The number of carbonyl (C=O) groups excluding carboxylic acids is 2. The summed E-state index contributed by atoms with van der Waals surface area (Å²) < 4.78 is 44.0. The van der Waals surface area contributed by atoms with Crippen LogP contribution >= 0.6 is 11.6 Å². The summed E-state index contributed by atoms with van der Waals surface area (Å²) >= 11 is 5.38. The van der Waals surface area contributed by atoms with Gasteiger partial charge in [0.05, 0.1) is 17.2 Å². The van der Waals surface area contributed by atoms with Crippen LogP contribution in [0.4, 0.5) is 13.2 Å². The van der Waals surface area contributed by atoms with E-state index in [1.807, 2.05) is 0 Å². The van der Waals surface area contributed by atoms with Gasteiger partial charge in [-0.1, -0.05) is 12.7 Å². The Labute approximate surface area is 147 Å². The molecule has 0 aromatic heterocycles. The van der Waals surface area contributed by atoms with E-state index >= 15 is 0 Å². The van der Waals surface area contributed by atoms with Crippen molar-refractivity contribution in [3.8, 4) is 5.75 Å². The molecule has 1 heterocycles. The fraction of sp³-hybridized carbons (Fsp3) is 0.375. The Balaban J connectivity index is 2.16. The summed E-state index contributed by atoms with van der Waals surface area (Å²) in [5, 5.41) is 2.60. The Bertz CT molecular complexity index is 673. The maximum atomic E-state index is 12.9. The first-order valence-corrected chi connectivity index (χ1v) is 7.89. The number of likely N-dealkylation sites (tertiary alicyclic amines) is 1. The number of amides is 2. The van der Waals surface area contributed by atoms with Gasteiger partial charge in [0.1, 0.15) is 18.2 Å². The first kappa shape index (κ1) is 19.1. The van der Waals surface area contributed by atoms with Crippen molar-refractivity contribution in [3.05, 3.63) is 42.0 Å². The fourth-order valence-electron chi connectivity index (χ4n) is 2.32. The lowest BCUT2D eigenvalue weighted by Gasteiger charge is -2.39. The molecule has 1 aromatic rings. The normalized spacial score (nSPS) is 14.6. The summed E-state index contributed by atoms with van der Waals surface area (Å²) in [6, 6.07) is 2.48. The van der Waals surface area contributed by atoms with Crippen molar-refractivity contribution in [2.75, 3.05) is 25.6 Å². The molecule has 2 rings (SSSR count). The Morgan fingerprint density at radius 3 is 2.64 bits per heavy atom. The molecule has 1 N–H and O–H groups in total. The van der Waals surface area contributed by atoms with E-state index < -0.39 is 17.6 Å². The van der Waals surface area contributed by atoms with Gasteiger partial charge in [0.15, 0.2) is 0 Å². The summed E-state index contributed by atoms with van der Waals surface area (Å²) in [6.07, 6.45) is -3.15. The molecular formula is C16H16ClF3N2O3. The van der Waals surface area contributed by atoms with Crippen LogP contribution < -0.4 is 10.1 Å². The van der Waals surface area contributed by atoms with Crippen LogP contribution in [0.25, 0.3) is 0 Å². The van der Waals surface area contributed by atoms with E-state index in [1.54, 1.807) is 0 Å². The number of hydrogen-bond acceptors (Lipinski definition) is 3. The third-order valence-electron chi connectivity index (χ3n) is 3.55. The zero-order valence-corrected chi connectivity index (χ0v) is 13.9. The number of carbonyl (C=O) groups is 2. The molecule has 0 atom stereocenters. The topological polar surface area (TPSA) is 58.6 Å².